The summed E-state index contributed by atoms with van der Waals surface area (Å²) < 4.78 is 6.76. The number of ether oxygens (including phenoxy) is 1. The van der Waals surface area contributed by atoms with Gasteiger partial charge < -0.3 is 14.4 Å². The van der Waals surface area contributed by atoms with Crippen LogP contribution in [0.4, 0.5) is 0 Å². The van der Waals surface area contributed by atoms with Crippen LogP contribution in [0.5, 0.6) is 0 Å². The van der Waals surface area contributed by atoms with Crippen LogP contribution >= 0.6 is 0 Å². The van der Waals surface area contributed by atoms with Crippen LogP contribution in [-0.4, -0.2) is 20.6 Å². The van der Waals surface area contributed by atoms with Gasteiger partial charge in [-0.15, -0.1) is 6.58 Å². The molecule has 0 bridgehead atoms. The van der Waals surface area contributed by atoms with Crippen LogP contribution in [0.1, 0.15) is 35.6 Å². The molecule has 5 rings (SSSR count). The number of esters is 1. The normalized spacial score (nSPS) is 19.4. The third-order valence-electron chi connectivity index (χ3n) is 6.01. The van der Waals surface area contributed by atoms with E-state index in [4.69, 9.17) is 9.72 Å². The highest BCUT2D eigenvalue weighted by Crippen LogP contribution is 2.38. The number of nitrogens with zero attached hydrogens (tertiary/aromatic N) is 2. The third-order valence-corrected chi connectivity index (χ3v) is 6.01. The SMILES string of the molecule is C=CCc1cccc2nc3c(cc12)Cn1c-3cc2c(c1=O)COC(=O)[C@]2(O)CC. The van der Waals surface area contributed by atoms with E-state index in [2.05, 4.69) is 18.7 Å². The molecule has 0 spiro atoms. The van der Waals surface area contributed by atoms with E-state index in [1.807, 2.05) is 18.2 Å². The van der Waals surface area contributed by atoms with E-state index in [0.29, 0.717) is 29.1 Å². The van der Waals surface area contributed by atoms with Crippen LogP contribution in [0.2, 0.25) is 0 Å². The minimum Gasteiger partial charge on any atom is -0.458 e. The summed E-state index contributed by atoms with van der Waals surface area (Å²) in [4.78, 5) is 30.2. The smallest absolute Gasteiger partial charge is 0.343 e. The van der Waals surface area contributed by atoms with Gasteiger partial charge in [-0.25, -0.2) is 9.78 Å². The summed E-state index contributed by atoms with van der Waals surface area (Å²) in [7, 11) is 0. The summed E-state index contributed by atoms with van der Waals surface area (Å²) in [6.45, 7) is 5.80. The molecule has 4 heterocycles. The second-order valence-corrected chi connectivity index (χ2v) is 7.58. The molecule has 6 nitrogen and oxygen atoms in total. The molecule has 6 heteroatoms. The van der Waals surface area contributed by atoms with Crippen molar-refractivity contribution in [3.63, 3.8) is 0 Å². The van der Waals surface area contributed by atoms with Gasteiger partial charge in [-0.05, 0) is 36.6 Å². The molecule has 146 valence electrons. The fourth-order valence-corrected chi connectivity index (χ4v) is 4.40. The van der Waals surface area contributed by atoms with Crippen molar-refractivity contribution in [1.82, 2.24) is 9.55 Å². The highest BCUT2D eigenvalue weighted by atomic mass is 16.6. The van der Waals surface area contributed by atoms with Gasteiger partial charge in [-0.2, -0.15) is 0 Å². The minimum atomic E-state index is -1.81. The summed E-state index contributed by atoms with van der Waals surface area (Å²) in [5.74, 6) is -0.712. The second kappa shape index (κ2) is 6.12. The summed E-state index contributed by atoms with van der Waals surface area (Å²) >= 11 is 0. The van der Waals surface area contributed by atoms with E-state index < -0.39 is 11.6 Å². The first-order valence-corrected chi connectivity index (χ1v) is 9.67. The van der Waals surface area contributed by atoms with Crippen LogP contribution in [0.15, 0.2) is 47.8 Å². The lowest BCUT2D eigenvalue weighted by Gasteiger charge is -2.31. The molecular formula is C23H20N2O4. The van der Waals surface area contributed by atoms with Crippen molar-refractivity contribution >= 4 is 16.9 Å². The predicted molar refractivity (Wildman–Crippen MR) is 108 cm³/mol. The summed E-state index contributed by atoms with van der Waals surface area (Å²) in [6.07, 6.45) is 2.73. The molecule has 0 radical (unpaired) electrons. The van der Waals surface area contributed by atoms with E-state index in [0.717, 1.165) is 28.5 Å². The monoisotopic (exact) mass is 388 g/mol. The average molecular weight is 388 g/mol. The molecule has 1 atom stereocenters. The zero-order valence-electron chi connectivity index (χ0n) is 16.1. The predicted octanol–water partition coefficient (Wildman–Crippen LogP) is 2.81. The Balaban J connectivity index is 1.77. The maximum atomic E-state index is 13.2. The maximum absolute atomic E-state index is 13.2. The molecule has 0 amide bonds. The number of fused-ring (bicyclic) bond motifs is 5. The number of allylic oxidation sites excluding steroid dienone is 1. The zero-order chi connectivity index (χ0) is 20.3. The summed E-state index contributed by atoms with van der Waals surface area (Å²) in [6, 6.07) is 9.77. The molecular weight excluding hydrogens is 368 g/mol. The molecule has 2 aliphatic rings. The molecule has 0 unspecified atom stereocenters. The number of aromatic nitrogens is 2. The molecule has 1 N–H and O–H groups in total. The molecule has 0 fully saturated rings. The van der Waals surface area contributed by atoms with Gasteiger partial charge in [0.2, 0.25) is 0 Å². The Hall–Kier alpha value is -3.25. The number of benzene rings is 1. The molecule has 0 saturated carbocycles. The highest BCUT2D eigenvalue weighted by molar-refractivity contribution is 5.88. The summed E-state index contributed by atoms with van der Waals surface area (Å²) in [5.41, 5.74) is 2.88. The van der Waals surface area contributed by atoms with Crippen molar-refractivity contribution in [3.8, 4) is 11.4 Å². The van der Waals surface area contributed by atoms with Crippen molar-refractivity contribution in [2.45, 2.75) is 38.5 Å². The van der Waals surface area contributed by atoms with Gasteiger partial charge in [-0.3, -0.25) is 4.79 Å². The number of rotatable bonds is 3. The van der Waals surface area contributed by atoms with Crippen molar-refractivity contribution in [1.29, 1.82) is 0 Å². The van der Waals surface area contributed by atoms with Gasteiger partial charge >= 0.3 is 5.97 Å². The standard InChI is InChI=1S/C23H20N2O4/c1-3-6-13-7-5-8-18-15(13)9-14-11-25-19(20(14)24-18)10-17-16(21(25)26)12-29-22(27)23(17,28)4-2/h3,5,7-10,28H,1,4,6,11-12H2,2H3/t23-/m0/s1. The topological polar surface area (TPSA) is 81.4 Å². The Morgan fingerprint density at radius 2 is 2.17 bits per heavy atom. The molecule has 2 aromatic heterocycles. The lowest BCUT2D eigenvalue weighted by atomic mass is 9.86. The van der Waals surface area contributed by atoms with Gasteiger partial charge in [0, 0.05) is 16.5 Å². The van der Waals surface area contributed by atoms with E-state index in [1.165, 1.54) is 0 Å². The van der Waals surface area contributed by atoms with Crippen molar-refractivity contribution in [3.05, 3.63) is 75.6 Å². The largest absolute Gasteiger partial charge is 0.458 e. The van der Waals surface area contributed by atoms with E-state index >= 15 is 0 Å². The number of hydrogen-bond donors (Lipinski definition) is 1. The van der Waals surface area contributed by atoms with Crippen LogP contribution in [0.25, 0.3) is 22.3 Å². The number of carbonyl (C=O) groups is 1. The van der Waals surface area contributed by atoms with Gasteiger partial charge in [-0.1, -0.05) is 25.1 Å². The van der Waals surface area contributed by atoms with Gasteiger partial charge in [0.05, 0.1) is 29.0 Å². The molecule has 0 aliphatic carbocycles. The lowest BCUT2D eigenvalue weighted by molar-refractivity contribution is -0.172. The van der Waals surface area contributed by atoms with Crippen molar-refractivity contribution in [2.24, 2.45) is 0 Å². The lowest BCUT2D eigenvalue weighted by Crippen LogP contribution is -2.44. The first-order valence-electron chi connectivity index (χ1n) is 9.67. The van der Waals surface area contributed by atoms with E-state index in [-0.39, 0.29) is 18.6 Å². The van der Waals surface area contributed by atoms with Gasteiger partial charge in [0.1, 0.15) is 6.61 Å². The van der Waals surface area contributed by atoms with Gasteiger partial charge in [0.15, 0.2) is 5.60 Å². The van der Waals surface area contributed by atoms with Gasteiger partial charge in [0.25, 0.3) is 5.56 Å². The second-order valence-electron chi connectivity index (χ2n) is 7.58. The maximum Gasteiger partial charge on any atom is 0.343 e. The molecule has 0 saturated heterocycles. The fourth-order valence-electron chi connectivity index (χ4n) is 4.40. The number of carbonyl (C=O) groups excluding carboxylic acids is 1. The molecule has 1 aromatic carbocycles. The number of hydrogen-bond acceptors (Lipinski definition) is 5. The zero-order valence-corrected chi connectivity index (χ0v) is 16.1. The van der Waals surface area contributed by atoms with Crippen LogP contribution < -0.4 is 5.56 Å². The molecule has 2 aliphatic heterocycles. The van der Waals surface area contributed by atoms with E-state index in [9.17, 15) is 14.7 Å². The number of cyclic esters (lactones) is 1. The Labute approximate surface area is 167 Å². The Morgan fingerprint density at radius 3 is 2.93 bits per heavy atom. The third kappa shape index (κ3) is 2.36. The van der Waals surface area contributed by atoms with Crippen LogP contribution in [0, 0.1) is 0 Å². The van der Waals surface area contributed by atoms with Crippen LogP contribution in [-0.2, 0) is 34.7 Å². The van der Waals surface area contributed by atoms with Crippen LogP contribution in [0.3, 0.4) is 0 Å². The first kappa shape index (κ1) is 17.8. The van der Waals surface area contributed by atoms with Crippen molar-refractivity contribution < 1.29 is 14.6 Å². The molecule has 29 heavy (non-hydrogen) atoms. The Bertz CT molecular complexity index is 1270. The number of aliphatic hydroxyl groups is 1. The van der Waals surface area contributed by atoms with Crippen molar-refractivity contribution in [2.75, 3.05) is 0 Å². The Kier molecular flexibility index (Phi) is 3.76. The average Bonchev–Trinajstić information content (AvgIpc) is 3.08. The first-order chi connectivity index (χ1) is 14.0. The Morgan fingerprint density at radius 1 is 1.34 bits per heavy atom. The summed E-state index contributed by atoms with van der Waals surface area (Å²) in [5, 5.41) is 12.0. The molecule has 3 aromatic rings. The number of pyridine rings is 2. The fraction of sp³-hybridized carbons (Fsp3) is 0.261. The highest BCUT2D eigenvalue weighted by Gasteiger charge is 2.45. The minimum absolute atomic E-state index is 0.120. The quantitative estimate of drug-likeness (QED) is 0.431. The van der Waals surface area contributed by atoms with E-state index in [1.54, 1.807) is 17.6 Å².